The van der Waals surface area contributed by atoms with Gasteiger partial charge in [0.1, 0.15) is 0 Å². The summed E-state index contributed by atoms with van der Waals surface area (Å²) < 4.78 is 48.6. The molecular weight excluding hydrogens is 212 g/mol. The molecule has 1 atom stereocenters. The number of hydrogen-bond donors (Lipinski definition) is 2. The first kappa shape index (κ1) is 12.6. The van der Waals surface area contributed by atoms with Gasteiger partial charge in [0, 0.05) is 6.08 Å². The number of phosphoric acid groups is 1. The minimum atomic E-state index is -4.72. The van der Waals surface area contributed by atoms with Gasteiger partial charge < -0.3 is 9.79 Å². The molecule has 0 aliphatic rings. The SMILES string of the molecule is CC(C=CC(F)(F)F)OP(=O)(O)O. The highest BCUT2D eigenvalue weighted by atomic mass is 31.2. The highest BCUT2D eigenvalue weighted by Gasteiger charge is 2.23. The Morgan fingerprint density at radius 1 is 1.46 bits per heavy atom. The molecule has 0 aliphatic carbocycles. The van der Waals surface area contributed by atoms with E-state index in [0.29, 0.717) is 6.08 Å². The van der Waals surface area contributed by atoms with Crippen molar-refractivity contribution in [2.75, 3.05) is 0 Å². The van der Waals surface area contributed by atoms with E-state index >= 15 is 0 Å². The molecule has 0 fully saturated rings. The highest BCUT2D eigenvalue weighted by molar-refractivity contribution is 7.46. The van der Waals surface area contributed by atoms with E-state index in [4.69, 9.17) is 9.79 Å². The van der Waals surface area contributed by atoms with Crippen molar-refractivity contribution in [1.82, 2.24) is 0 Å². The van der Waals surface area contributed by atoms with E-state index in [2.05, 4.69) is 4.52 Å². The van der Waals surface area contributed by atoms with E-state index in [9.17, 15) is 17.7 Å². The minimum Gasteiger partial charge on any atom is -0.303 e. The van der Waals surface area contributed by atoms with Gasteiger partial charge in [-0.15, -0.1) is 0 Å². The quantitative estimate of drug-likeness (QED) is 0.560. The molecule has 0 saturated heterocycles. The van der Waals surface area contributed by atoms with Gasteiger partial charge in [-0.2, -0.15) is 13.2 Å². The Morgan fingerprint density at radius 3 is 2.23 bits per heavy atom. The van der Waals surface area contributed by atoms with Gasteiger partial charge in [-0.05, 0) is 6.92 Å². The van der Waals surface area contributed by atoms with Gasteiger partial charge in [0.05, 0.1) is 6.10 Å². The van der Waals surface area contributed by atoms with Crippen LogP contribution in [0.15, 0.2) is 12.2 Å². The topological polar surface area (TPSA) is 66.8 Å². The Labute approximate surface area is 72.3 Å². The van der Waals surface area contributed by atoms with Crippen molar-refractivity contribution in [1.29, 1.82) is 0 Å². The molecule has 0 rings (SSSR count). The van der Waals surface area contributed by atoms with Crippen molar-refractivity contribution in [2.45, 2.75) is 19.2 Å². The molecule has 4 nitrogen and oxygen atoms in total. The smallest absolute Gasteiger partial charge is 0.303 e. The van der Waals surface area contributed by atoms with Crippen LogP contribution in [0.3, 0.4) is 0 Å². The maximum Gasteiger partial charge on any atom is 0.470 e. The van der Waals surface area contributed by atoms with Crippen LogP contribution >= 0.6 is 7.82 Å². The summed E-state index contributed by atoms with van der Waals surface area (Å²) in [6, 6.07) is 0. The molecule has 0 aromatic heterocycles. The molecule has 0 spiro atoms. The molecule has 0 saturated carbocycles. The van der Waals surface area contributed by atoms with Crippen LogP contribution < -0.4 is 0 Å². The number of rotatable bonds is 3. The summed E-state index contributed by atoms with van der Waals surface area (Å²) in [5.74, 6) is 0. The fourth-order valence-corrected chi connectivity index (χ4v) is 1.000. The summed E-state index contributed by atoms with van der Waals surface area (Å²) in [6.45, 7) is 1.08. The summed E-state index contributed by atoms with van der Waals surface area (Å²) >= 11 is 0. The van der Waals surface area contributed by atoms with Crippen LogP contribution in [-0.4, -0.2) is 22.1 Å². The van der Waals surface area contributed by atoms with Crippen LogP contribution in [0.2, 0.25) is 0 Å². The van der Waals surface area contributed by atoms with Crippen LogP contribution in [0.1, 0.15) is 6.92 Å². The molecule has 0 aliphatic heterocycles. The third-order valence-corrected chi connectivity index (χ3v) is 1.47. The summed E-state index contributed by atoms with van der Waals surface area (Å²) in [6.07, 6.45) is -5.43. The molecule has 1 unspecified atom stereocenters. The van der Waals surface area contributed by atoms with Crippen molar-refractivity contribution >= 4 is 7.82 Å². The van der Waals surface area contributed by atoms with Crippen molar-refractivity contribution in [2.24, 2.45) is 0 Å². The standard InChI is InChI=1S/C5H8F3O4P/c1-4(12-13(9,10)11)2-3-5(6,7)8/h2-4H,1H3,(H2,9,10,11). The van der Waals surface area contributed by atoms with Crippen molar-refractivity contribution < 1.29 is 32.0 Å². The minimum absolute atomic E-state index is 0.146. The average molecular weight is 220 g/mol. The van der Waals surface area contributed by atoms with Crippen molar-refractivity contribution in [3.8, 4) is 0 Å². The number of alkyl halides is 3. The van der Waals surface area contributed by atoms with E-state index < -0.39 is 20.1 Å². The predicted molar refractivity (Wildman–Crippen MR) is 37.8 cm³/mol. The number of hydrogen-bond acceptors (Lipinski definition) is 2. The van der Waals surface area contributed by atoms with Gasteiger partial charge in [0.15, 0.2) is 0 Å². The first-order valence-corrected chi connectivity index (χ1v) is 4.63. The molecule has 8 heteroatoms. The number of halogens is 3. The third kappa shape index (κ3) is 9.55. The van der Waals surface area contributed by atoms with Crippen molar-refractivity contribution in [3.63, 3.8) is 0 Å². The summed E-state index contributed by atoms with van der Waals surface area (Å²) in [4.78, 5) is 16.4. The lowest BCUT2D eigenvalue weighted by molar-refractivity contribution is -0.0805. The lowest BCUT2D eigenvalue weighted by Crippen LogP contribution is -2.06. The molecule has 2 N–H and O–H groups in total. The van der Waals surface area contributed by atoms with Gasteiger partial charge in [-0.1, -0.05) is 6.08 Å². The average Bonchev–Trinajstić information content (AvgIpc) is 1.78. The van der Waals surface area contributed by atoms with Crippen LogP contribution in [0, 0.1) is 0 Å². The van der Waals surface area contributed by atoms with Crippen LogP contribution in [-0.2, 0) is 9.09 Å². The maximum absolute atomic E-state index is 11.5. The zero-order chi connectivity index (χ0) is 10.7. The normalized spacial score (nSPS) is 16.5. The molecule has 0 aromatic carbocycles. The second-order valence-electron chi connectivity index (χ2n) is 2.20. The van der Waals surface area contributed by atoms with Gasteiger partial charge >= 0.3 is 14.0 Å². The van der Waals surface area contributed by atoms with Crippen molar-refractivity contribution in [3.05, 3.63) is 12.2 Å². The van der Waals surface area contributed by atoms with Gasteiger partial charge in [-0.3, -0.25) is 4.52 Å². The monoisotopic (exact) mass is 220 g/mol. The van der Waals surface area contributed by atoms with E-state index in [1.165, 1.54) is 0 Å². The summed E-state index contributed by atoms with van der Waals surface area (Å²) in [5.41, 5.74) is 0. The lowest BCUT2D eigenvalue weighted by atomic mass is 10.3. The Balaban J connectivity index is 4.10. The summed E-state index contributed by atoms with van der Waals surface area (Å²) in [7, 11) is -4.72. The van der Waals surface area contributed by atoms with E-state index in [0.717, 1.165) is 6.92 Å². The van der Waals surface area contributed by atoms with E-state index in [1.807, 2.05) is 0 Å². The lowest BCUT2D eigenvalue weighted by Gasteiger charge is -2.09. The fraction of sp³-hybridized carbons (Fsp3) is 0.600. The first-order valence-electron chi connectivity index (χ1n) is 3.10. The molecular formula is C5H8F3O4P. The molecule has 78 valence electrons. The number of allylic oxidation sites excluding steroid dienone is 1. The Morgan fingerprint density at radius 2 is 1.92 bits per heavy atom. The largest absolute Gasteiger partial charge is 0.470 e. The zero-order valence-electron chi connectivity index (χ0n) is 6.52. The number of phosphoric ester groups is 1. The predicted octanol–water partition coefficient (Wildman–Crippen LogP) is 1.60. The second-order valence-corrected chi connectivity index (χ2v) is 3.39. The second kappa shape index (κ2) is 4.23. The van der Waals surface area contributed by atoms with E-state index in [-0.39, 0.29) is 6.08 Å². The zero-order valence-corrected chi connectivity index (χ0v) is 7.42. The van der Waals surface area contributed by atoms with E-state index in [1.54, 1.807) is 0 Å². The third-order valence-electron chi connectivity index (χ3n) is 0.860. The van der Waals surface area contributed by atoms with Crippen LogP contribution in [0.4, 0.5) is 13.2 Å². The van der Waals surface area contributed by atoms with Gasteiger partial charge in [0.25, 0.3) is 0 Å². The molecule has 0 bridgehead atoms. The Bertz CT molecular complexity index is 230. The molecule has 0 radical (unpaired) electrons. The Hall–Kier alpha value is -0.360. The fourth-order valence-electron chi connectivity index (χ4n) is 0.496. The van der Waals surface area contributed by atoms with Crippen LogP contribution in [0.25, 0.3) is 0 Å². The first-order chi connectivity index (χ1) is 5.60. The molecule has 0 heterocycles. The van der Waals surface area contributed by atoms with Crippen LogP contribution in [0.5, 0.6) is 0 Å². The highest BCUT2D eigenvalue weighted by Crippen LogP contribution is 2.37. The van der Waals surface area contributed by atoms with Gasteiger partial charge in [-0.25, -0.2) is 4.57 Å². The molecule has 0 aromatic rings. The van der Waals surface area contributed by atoms with Gasteiger partial charge in [0.2, 0.25) is 0 Å². The molecule has 13 heavy (non-hydrogen) atoms. The Kier molecular flexibility index (Phi) is 4.12. The maximum atomic E-state index is 11.5. The molecule has 0 amide bonds. The summed E-state index contributed by atoms with van der Waals surface area (Å²) in [5, 5.41) is 0.